The summed E-state index contributed by atoms with van der Waals surface area (Å²) >= 11 is 11.1. The van der Waals surface area contributed by atoms with E-state index < -0.39 is 20.9 Å². The molecule has 1 aromatic carbocycles. The van der Waals surface area contributed by atoms with Crippen LogP contribution in [0, 0.1) is 5.82 Å². The van der Waals surface area contributed by atoms with Gasteiger partial charge in [0.15, 0.2) is 5.82 Å². The minimum atomic E-state index is -3.84. The van der Waals surface area contributed by atoms with Gasteiger partial charge < -0.3 is 5.73 Å². The molecule has 4 nitrogen and oxygen atoms in total. The number of benzene rings is 1. The first-order chi connectivity index (χ1) is 7.90. The fraction of sp³-hybridized carbons (Fsp3) is 0.333. The zero-order valence-electron chi connectivity index (χ0n) is 9.12. The Bertz CT molecular complexity index is 511. The molecule has 0 amide bonds. The predicted molar refractivity (Wildman–Crippen MR) is 72.5 cm³/mol. The summed E-state index contributed by atoms with van der Waals surface area (Å²) in [6, 6.07) is 2.29. The zero-order valence-corrected chi connectivity index (χ0v) is 12.3. The molecule has 0 aliphatic carbocycles. The molecule has 0 saturated carbocycles. The van der Waals surface area contributed by atoms with Gasteiger partial charge in [-0.1, -0.05) is 23.2 Å². The summed E-state index contributed by atoms with van der Waals surface area (Å²) in [5.41, 5.74) is 5.23. The minimum absolute atomic E-state index is 0. The van der Waals surface area contributed by atoms with Crippen LogP contribution in [0.4, 0.5) is 4.39 Å². The average molecular weight is 338 g/mol. The summed E-state index contributed by atoms with van der Waals surface area (Å²) in [4.78, 5) is -0.335. The molecule has 0 bridgehead atoms. The molecule has 0 spiro atoms. The van der Waals surface area contributed by atoms with Crippen LogP contribution in [0.2, 0.25) is 10.0 Å². The third-order valence-electron chi connectivity index (χ3n) is 1.96. The van der Waals surface area contributed by atoms with E-state index in [1.165, 1.54) is 0 Å². The zero-order chi connectivity index (χ0) is 13.1. The average Bonchev–Trinajstić information content (AvgIpc) is 2.26. The molecule has 0 fully saturated rings. The lowest BCUT2D eigenvalue weighted by molar-refractivity contribution is 0.576. The van der Waals surface area contributed by atoms with Crippen molar-refractivity contribution in [2.24, 2.45) is 5.73 Å². The van der Waals surface area contributed by atoms with Crippen molar-refractivity contribution in [3.63, 3.8) is 0 Å². The van der Waals surface area contributed by atoms with Crippen molar-refractivity contribution in [2.75, 3.05) is 13.1 Å². The number of nitrogens with one attached hydrogen (secondary N) is 1. The first-order valence-corrected chi connectivity index (χ1v) is 6.97. The fourth-order valence-corrected chi connectivity index (χ4v) is 2.92. The Hall–Kier alpha value is -0.110. The minimum Gasteiger partial charge on any atom is -0.330 e. The van der Waals surface area contributed by atoms with Gasteiger partial charge in [-0.2, -0.15) is 0 Å². The van der Waals surface area contributed by atoms with Crippen molar-refractivity contribution in [3.05, 3.63) is 28.0 Å². The van der Waals surface area contributed by atoms with Crippen LogP contribution in [0.15, 0.2) is 17.0 Å². The Balaban J connectivity index is 0.00000289. The van der Waals surface area contributed by atoms with Crippen molar-refractivity contribution < 1.29 is 12.8 Å². The molecule has 0 aliphatic heterocycles. The van der Waals surface area contributed by atoms with E-state index in [1.54, 1.807) is 0 Å². The van der Waals surface area contributed by atoms with Crippen molar-refractivity contribution in [2.45, 2.75) is 11.3 Å². The maximum absolute atomic E-state index is 13.3. The third kappa shape index (κ3) is 4.22. The van der Waals surface area contributed by atoms with Crippen LogP contribution in [-0.2, 0) is 10.0 Å². The van der Waals surface area contributed by atoms with Gasteiger partial charge in [0.25, 0.3) is 0 Å². The molecule has 3 N–H and O–H groups in total. The smallest absolute Gasteiger partial charge is 0.242 e. The number of sulfonamides is 1. The van der Waals surface area contributed by atoms with E-state index in [0.29, 0.717) is 13.0 Å². The SMILES string of the molecule is Cl.NCCCNS(=O)(=O)c1ccc(Cl)c(F)c1Cl. The Labute approximate surface area is 121 Å². The summed E-state index contributed by atoms with van der Waals surface area (Å²) in [6.45, 7) is 0.518. The standard InChI is InChI=1S/C9H11Cl2FN2O2S.ClH/c10-6-2-3-7(8(11)9(6)12)17(15,16)14-5-1-4-13;/h2-3,14H,1,4-5,13H2;1H. The number of halogens is 4. The molecule has 1 rings (SSSR count). The number of nitrogens with two attached hydrogens (primary N) is 1. The van der Waals surface area contributed by atoms with Crippen LogP contribution in [0.1, 0.15) is 6.42 Å². The Morgan fingerprint density at radius 1 is 1.33 bits per heavy atom. The highest BCUT2D eigenvalue weighted by atomic mass is 35.5. The lowest BCUT2D eigenvalue weighted by atomic mass is 10.3. The van der Waals surface area contributed by atoms with Crippen LogP contribution in [-0.4, -0.2) is 21.5 Å². The molecule has 0 saturated heterocycles. The van der Waals surface area contributed by atoms with Crippen LogP contribution in [0.3, 0.4) is 0 Å². The van der Waals surface area contributed by atoms with E-state index in [1.807, 2.05) is 0 Å². The lowest BCUT2D eigenvalue weighted by Crippen LogP contribution is -2.26. The van der Waals surface area contributed by atoms with Crippen LogP contribution < -0.4 is 10.5 Å². The normalized spacial score (nSPS) is 11.1. The molecule has 1 aromatic rings. The van der Waals surface area contributed by atoms with E-state index in [4.69, 9.17) is 28.9 Å². The lowest BCUT2D eigenvalue weighted by Gasteiger charge is -2.08. The highest BCUT2D eigenvalue weighted by molar-refractivity contribution is 7.89. The number of hydrogen-bond donors (Lipinski definition) is 2. The largest absolute Gasteiger partial charge is 0.330 e. The van der Waals surface area contributed by atoms with Gasteiger partial charge in [-0.15, -0.1) is 12.4 Å². The van der Waals surface area contributed by atoms with Gasteiger partial charge in [0.2, 0.25) is 10.0 Å². The van der Waals surface area contributed by atoms with Gasteiger partial charge >= 0.3 is 0 Å². The molecule has 9 heteroatoms. The second-order valence-corrected chi connectivity index (χ2v) is 5.73. The van der Waals surface area contributed by atoms with E-state index in [2.05, 4.69) is 4.72 Å². The molecule has 0 atom stereocenters. The highest BCUT2D eigenvalue weighted by Crippen LogP contribution is 2.29. The number of rotatable bonds is 5. The van der Waals surface area contributed by atoms with E-state index >= 15 is 0 Å². The van der Waals surface area contributed by atoms with Crippen molar-refractivity contribution in [1.82, 2.24) is 4.72 Å². The molecular formula is C9H12Cl3FN2O2S. The second kappa shape index (κ2) is 7.47. The molecule has 18 heavy (non-hydrogen) atoms. The van der Waals surface area contributed by atoms with Crippen molar-refractivity contribution in [1.29, 1.82) is 0 Å². The van der Waals surface area contributed by atoms with Crippen molar-refractivity contribution in [3.8, 4) is 0 Å². The van der Waals surface area contributed by atoms with Crippen LogP contribution in [0.5, 0.6) is 0 Å². The van der Waals surface area contributed by atoms with E-state index in [0.717, 1.165) is 12.1 Å². The van der Waals surface area contributed by atoms with E-state index in [9.17, 15) is 12.8 Å². The Morgan fingerprint density at radius 3 is 2.50 bits per heavy atom. The summed E-state index contributed by atoms with van der Waals surface area (Å²) in [7, 11) is -3.84. The molecule has 0 aliphatic rings. The summed E-state index contributed by atoms with van der Waals surface area (Å²) in [5.74, 6) is -0.949. The van der Waals surface area contributed by atoms with Crippen molar-refractivity contribution >= 4 is 45.6 Å². The second-order valence-electron chi connectivity index (χ2n) is 3.21. The number of hydrogen-bond acceptors (Lipinski definition) is 3. The first kappa shape index (κ1) is 17.9. The van der Waals surface area contributed by atoms with Gasteiger partial charge in [0.1, 0.15) is 4.90 Å². The fourth-order valence-electron chi connectivity index (χ4n) is 1.10. The van der Waals surface area contributed by atoms with Gasteiger partial charge in [-0.25, -0.2) is 17.5 Å². The predicted octanol–water partition coefficient (Wildman–Crippen LogP) is 2.18. The summed E-state index contributed by atoms with van der Waals surface area (Å²) in [6.07, 6.45) is 0.479. The first-order valence-electron chi connectivity index (χ1n) is 4.73. The third-order valence-corrected chi connectivity index (χ3v) is 4.24. The molecule has 104 valence electrons. The molecule has 0 radical (unpaired) electrons. The summed E-state index contributed by atoms with van der Waals surface area (Å²) < 4.78 is 39.1. The Morgan fingerprint density at radius 2 is 1.94 bits per heavy atom. The Kier molecular flexibility index (Phi) is 7.43. The maximum atomic E-state index is 13.3. The van der Waals surface area contributed by atoms with E-state index in [-0.39, 0.29) is 28.9 Å². The highest BCUT2D eigenvalue weighted by Gasteiger charge is 2.21. The molecule has 0 unspecified atom stereocenters. The molecule has 0 aromatic heterocycles. The van der Waals surface area contributed by atoms with Crippen LogP contribution >= 0.6 is 35.6 Å². The van der Waals surface area contributed by atoms with Gasteiger partial charge in [0, 0.05) is 6.54 Å². The van der Waals surface area contributed by atoms with Gasteiger partial charge in [-0.05, 0) is 25.1 Å². The topological polar surface area (TPSA) is 72.2 Å². The molecule has 0 heterocycles. The van der Waals surface area contributed by atoms with Crippen LogP contribution in [0.25, 0.3) is 0 Å². The monoisotopic (exact) mass is 336 g/mol. The molecular weight excluding hydrogens is 326 g/mol. The maximum Gasteiger partial charge on any atom is 0.242 e. The van der Waals surface area contributed by atoms with Gasteiger partial charge in [0.05, 0.1) is 10.0 Å². The summed E-state index contributed by atoms with van der Waals surface area (Å²) in [5, 5.41) is -0.742. The van der Waals surface area contributed by atoms with Gasteiger partial charge in [-0.3, -0.25) is 0 Å². The quantitative estimate of drug-likeness (QED) is 0.639.